The number of nitrogens with zero attached hydrogens (tertiary/aromatic N) is 3. The van der Waals surface area contributed by atoms with Crippen molar-refractivity contribution in [2.24, 2.45) is 0 Å². The largest absolute Gasteiger partial charge is 0.455 e. The third-order valence-electron chi connectivity index (χ3n) is 10.7. The van der Waals surface area contributed by atoms with Gasteiger partial charge in [0.25, 0.3) is 0 Å². The fourth-order valence-electron chi connectivity index (χ4n) is 8.04. The highest BCUT2D eigenvalue weighted by molar-refractivity contribution is 6.15. The molecular formula is C51H31N3O. The number of hydrogen-bond acceptors (Lipinski definition) is 4. The maximum atomic E-state index is 6.51. The topological polar surface area (TPSA) is 51.8 Å². The van der Waals surface area contributed by atoms with Crippen molar-refractivity contribution in [3.63, 3.8) is 0 Å². The lowest BCUT2D eigenvalue weighted by atomic mass is 9.91. The van der Waals surface area contributed by atoms with Gasteiger partial charge in [-0.3, -0.25) is 0 Å². The minimum Gasteiger partial charge on any atom is -0.455 e. The van der Waals surface area contributed by atoms with E-state index in [0.717, 1.165) is 60.9 Å². The second-order valence-corrected chi connectivity index (χ2v) is 14.0. The molecule has 0 aliphatic heterocycles. The van der Waals surface area contributed by atoms with Gasteiger partial charge in [-0.25, -0.2) is 15.0 Å². The number of para-hydroxylation sites is 2. The second-order valence-electron chi connectivity index (χ2n) is 14.0. The zero-order valence-corrected chi connectivity index (χ0v) is 29.6. The van der Waals surface area contributed by atoms with Crippen LogP contribution in [-0.2, 0) is 0 Å². The van der Waals surface area contributed by atoms with Crippen molar-refractivity contribution in [2.75, 3.05) is 0 Å². The molecule has 0 spiro atoms. The summed E-state index contributed by atoms with van der Waals surface area (Å²) in [5, 5.41) is 9.34. The monoisotopic (exact) mass is 701 g/mol. The molecule has 0 unspecified atom stereocenters. The molecular weight excluding hydrogens is 671 g/mol. The summed E-state index contributed by atoms with van der Waals surface area (Å²) < 4.78 is 6.51. The Morgan fingerprint density at radius 3 is 1.69 bits per heavy atom. The molecule has 55 heavy (non-hydrogen) atoms. The Balaban J connectivity index is 1.12. The number of furan rings is 1. The van der Waals surface area contributed by atoms with Crippen LogP contribution in [0.2, 0.25) is 0 Å². The number of benzene rings is 9. The summed E-state index contributed by atoms with van der Waals surface area (Å²) in [7, 11) is 0. The Morgan fingerprint density at radius 2 is 0.855 bits per heavy atom. The zero-order chi connectivity index (χ0) is 36.3. The van der Waals surface area contributed by atoms with E-state index in [-0.39, 0.29) is 0 Å². The van der Waals surface area contributed by atoms with E-state index >= 15 is 0 Å². The minimum absolute atomic E-state index is 0.557. The molecule has 0 atom stereocenters. The van der Waals surface area contributed by atoms with Crippen LogP contribution in [0.25, 0.3) is 111 Å². The van der Waals surface area contributed by atoms with Crippen molar-refractivity contribution in [2.45, 2.75) is 0 Å². The normalized spacial score (nSPS) is 11.6. The van der Waals surface area contributed by atoms with Crippen LogP contribution in [0.1, 0.15) is 0 Å². The predicted octanol–water partition coefficient (Wildman–Crippen LogP) is 13.6. The lowest BCUT2D eigenvalue weighted by Gasteiger charge is -2.15. The van der Waals surface area contributed by atoms with E-state index in [2.05, 4.69) is 164 Å². The van der Waals surface area contributed by atoms with Gasteiger partial charge in [0, 0.05) is 21.9 Å². The quantitative estimate of drug-likeness (QED) is 0.168. The van der Waals surface area contributed by atoms with Gasteiger partial charge in [-0.05, 0) is 78.8 Å². The van der Waals surface area contributed by atoms with E-state index < -0.39 is 0 Å². The standard InChI is InChI=1S/C51H31N3O/c1-2-13-35-30-36(29-26-32(35)12-1)33-24-27-34(28-25-33)49-52-50(54-51(53-49)45-22-11-21-43-42-19-9-10-23-47(42)55-48(43)45)44-20-8-7-18-41(44)46-31-37-14-3-4-15-38(37)39-16-5-6-17-40(39)46/h1-31H. The molecule has 0 saturated heterocycles. The van der Waals surface area contributed by atoms with Crippen LogP contribution in [0.4, 0.5) is 0 Å². The highest BCUT2D eigenvalue weighted by Crippen LogP contribution is 2.41. The van der Waals surface area contributed by atoms with Gasteiger partial charge < -0.3 is 4.42 Å². The fraction of sp³-hybridized carbons (Fsp3) is 0. The van der Waals surface area contributed by atoms with E-state index in [9.17, 15) is 0 Å². The summed E-state index contributed by atoms with van der Waals surface area (Å²) in [5.74, 6) is 1.75. The average Bonchev–Trinajstić information content (AvgIpc) is 3.65. The first-order valence-corrected chi connectivity index (χ1v) is 18.5. The van der Waals surface area contributed by atoms with Crippen molar-refractivity contribution in [1.29, 1.82) is 0 Å². The Hall–Kier alpha value is -7.43. The van der Waals surface area contributed by atoms with Crippen LogP contribution in [0, 0.1) is 0 Å². The van der Waals surface area contributed by atoms with E-state index in [1.165, 1.54) is 32.3 Å². The van der Waals surface area contributed by atoms with Gasteiger partial charge in [0.2, 0.25) is 0 Å². The summed E-state index contributed by atoms with van der Waals surface area (Å²) in [6.45, 7) is 0. The molecule has 9 aromatic carbocycles. The van der Waals surface area contributed by atoms with Crippen LogP contribution in [0.3, 0.4) is 0 Å². The second kappa shape index (κ2) is 12.6. The SMILES string of the molecule is c1ccc(-c2cc3ccccc3c3ccccc23)c(-c2nc(-c3ccc(-c4ccc5ccccc5c4)cc3)nc(-c3cccc4c3oc3ccccc34)n2)c1. The predicted molar refractivity (Wildman–Crippen MR) is 227 cm³/mol. The molecule has 0 aliphatic rings. The van der Waals surface area contributed by atoms with Crippen LogP contribution in [0.5, 0.6) is 0 Å². The van der Waals surface area contributed by atoms with Gasteiger partial charge >= 0.3 is 0 Å². The molecule has 2 aromatic heterocycles. The Morgan fingerprint density at radius 1 is 0.291 bits per heavy atom. The van der Waals surface area contributed by atoms with Crippen LogP contribution in [0.15, 0.2) is 192 Å². The smallest absolute Gasteiger partial charge is 0.167 e. The summed E-state index contributed by atoms with van der Waals surface area (Å²) in [4.78, 5) is 15.7. The summed E-state index contributed by atoms with van der Waals surface area (Å²) in [5.41, 5.74) is 8.72. The van der Waals surface area contributed by atoms with Crippen LogP contribution in [-0.4, -0.2) is 15.0 Å². The number of aromatic nitrogens is 3. The van der Waals surface area contributed by atoms with Crippen molar-refractivity contribution < 1.29 is 4.42 Å². The molecule has 0 amide bonds. The molecule has 4 nitrogen and oxygen atoms in total. The maximum Gasteiger partial charge on any atom is 0.167 e. The molecule has 0 fully saturated rings. The molecule has 11 rings (SSSR count). The third kappa shape index (κ3) is 5.26. The van der Waals surface area contributed by atoms with Crippen molar-refractivity contribution in [3.8, 4) is 56.4 Å². The maximum absolute atomic E-state index is 6.51. The van der Waals surface area contributed by atoms with Crippen molar-refractivity contribution in [1.82, 2.24) is 15.0 Å². The van der Waals surface area contributed by atoms with Gasteiger partial charge in [-0.15, -0.1) is 0 Å². The molecule has 2 heterocycles. The number of rotatable bonds is 5. The van der Waals surface area contributed by atoms with E-state index in [4.69, 9.17) is 19.4 Å². The van der Waals surface area contributed by atoms with Gasteiger partial charge in [-0.2, -0.15) is 0 Å². The van der Waals surface area contributed by atoms with Gasteiger partial charge in [0.05, 0.1) is 5.56 Å². The van der Waals surface area contributed by atoms with Gasteiger partial charge in [0.1, 0.15) is 11.2 Å². The molecule has 0 saturated carbocycles. The molecule has 0 radical (unpaired) electrons. The third-order valence-corrected chi connectivity index (χ3v) is 10.7. The fourth-order valence-corrected chi connectivity index (χ4v) is 8.04. The van der Waals surface area contributed by atoms with Crippen molar-refractivity contribution >= 4 is 54.3 Å². The molecule has 256 valence electrons. The Bertz CT molecular complexity index is 3270. The first-order chi connectivity index (χ1) is 27.2. The molecule has 0 N–H and O–H groups in total. The Kier molecular flexibility index (Phi) is 7.14. The average molecular weight is 702 g/mol. The number of hydrogen-bond donors (Lipinski definition) is 0. The van der Waals surface area contributed by atoms with Gasteiger partial charge in [-0.1, -0.05) is 164 Å². The van der Waals surface area contributed by atoms with E-state index in [1.807, 2.05) is 24.3 Å². The highest BCUT2D eigenvalue weighted by Gasteiger charge is 2.20. The summed E-state index contributed by atoms with van der Waals surface area (Å²) in [6.07, 6.45) is 0. The van der Waals surface area contributed by atoms with E-state index in [0.29, 0.717) is 17.5 Å². The van der Waals surface area contributed by atoms with Crippen LogP contribution >= 0.6 is 0 Å². The summed E-state index contributed by atoms with van der Waals surface area (Å²) >= 11 is 0. The van der Waals surface area contributed by atoms with E-state index in [1.54, 1.807) is 0 Å². The molecule has 0 aliphatic carbocycles. The molecule has 4 heteroatoms. The minimum atomic E-state index is 0.557. The lowest BCUT2D eigenvalue weighted by Crippen LogP contribution is -2.01. The molecule has 0 bridgehead atoms. The lowest BCUT2D eigenvalue weighted by molar-refractivity contribution is 0.669. The van der Waals surface area contributed by atoms with Crippen LogP contribution < -0.4 is 0 Å². The first-order valence-electron chi connectivity index (χ1n) is 18.5. The van der Waals surface area contributed by atoms with Crippen molar-refractivity contribution in [3.05, 3.63) is 188 Å². The number of fused-ring (bicyclic) bond motifs is 7. The molecule has 11 aromatic rings. The Labute approximate surface area is 317 Å². The highest BCUT2D eigenvalue weighted by atomic mass is 16.3. The zero-order valence-electron chi connectivity index (χ0n) is 29.6. The summed E-state index contributed by atoms with van der Waals surface area (Å²) in [6, 6.07) is 65.8. The van der Waals surface area contributed by atoms with Gasteiger partial charge in [0.15, 0.2) is 17.5 Å². The first kappa shape index (κ1) is 31.1.